The lowest BCUT2D eigenvalue weighted by molar-refractivity contribution is 1.23. The smallest absolute Gasteiger partial charge is 0.137 e. The van der Waals surface area contributed by atoms with E-state index in [4.69, 9.17) is 9.97 Å². The molecule has 0 aliphatic rings. The van der Waals surface area contributed by atoms with Crippen molar-refractivity contribution in [2.75, 3.05) is 0 Å². The van der Waals surface area contributed by atoms with E-state index in [1.807, 2.05) is 30.6 Å². The summed E-state index contributed by atoms with van der Waals surface area (Å²) in [6, 6.07) is 44.7. The number of benzene rings is 5. The van der Waals surface area contributed by atoms with E-state index in [0.717, 1.165) is 60.9 Å². The van der Waals surface area contributed by atoms with Gasteiger partial charge in [-0.05, 0) is 69.6 Å². The Morgan fingerprint density at radius 1 is 0.488 bits per heavy atom. The van der Waals surface area contributed by atoms with Crippen LogP contribution in [0, 0.1) is 0 Å². The van der Waals surface area contributed by atoms with Crippen LogP contribution in [0.4, 0.5) is 0 Å². The first-order valence-corrected chi connectivity index (χ1v) is 14.4. The van der Waals surface area contributed by atoms with Gasteiger partial charge in [0.2, 0.25) is 0 Å². The van der Waals surface area contributed by atoms with Gasteiger partial charge in [0.25, 0.3) is 0 Å². The van der Waals surface area contributed by atoms with Crippen molar-refractivity contribution in [1.82, 2.24) is 19.4 Å². The second kappa shape index (κ2) is 9.33. The molecule has 4 nitrogen and oxygen atoms in total. The monoisotopic (exact) mass is 548 g/mol. The van der Waals surface area contributed by atoms with Crippen LogP contribution in [0.2, 0.25) is 0 Å². The molecule has 0 saturated heterocycles. The van der Waals surface area contributed by atoms with Crippen molar-refractivity contribution in [1.29, 1.82) is 0 Å². The average molecular weight is 549 g/mol. The number of aromatic nitrogens is 4. The number of hydrogen-bond acceptors (Lipinski definition) is 3. The summed E-state index contributed by atoms with van der Waals surface area (Å²) in [5, 5.41) is 7.08. The normalized spacial score (nSPS) is 11.7. The molecule has 9 aromatic rings. The quantitative estimate of drug-likeness (QED) is 0.206. The van der Waals surface area contributed by atoms with Crippen LogP contribution in [0.15, 0.2) is 146 Å². The molecule has 0 spiro atoms. The number of fused-ring (bicyclic) bond motifs is 9. The lowest BCUT2D eigenvalue weighted by Gasteiger charge is -2.12. The van der Waals surface area contributed by atoms with E-state index in [-0.39, 0.29) is 0 Å². The second-order valence-electron chi connectivity index (χ2n) is 10.9. The molecule has 43 heavy (non-hydrogen) atoms. The van der Waals surface area contributed by atoms with Crippen LogP contribution >= 0.6 is 0 Å². The van der Waals surface area contributed by atoms with Crippen molar-refractivity contribution >= 4 is 49.0 Å². The number of pyridine rings is 3. The minimum Gasteiger partial charge on any atom is -0.299 e. The second-order valence-corrected chi connectivity index (χ2v) is 10.9. The summed E-state index contributed by atoms with van der Waals surface area (Å²) in [6.45, 7) is 0. The Balaban J connectivity index is 1.26. The number of hydrogen-bond donors (Lipinski definition) is 0. The Kier molecular flexibility index (Phi) is 5.16. The minimum absolute atomic E-state index is 0.940. The van der Waals surface area contributed by atoms with E-state index in [1.54, 1.807) is 0 Å². The molecule has 4 heteroatoms. The molecule has 0 fully saturated rings. The van der Waals surface area contributed by atoms with Crippen LogP contribution in [0.3, 0.4) is 0 Å². The van der Waals surface area contributed by atoms with E-state index < -0.39 is 0 Å². The highest BCUT2D eigenvalue weighted by Crippen LogP contribution is 2.39. The van der Waals surface area contributed by atoms with Gasteiger partial charge in [-0.25, -0.2) is 4.98 Å². The summed E-state index contributed by atoms with van der Waals surface area (Å²) in [7, 11) is 0. The van der Waals surface area contributed by atoms with Gasteiger partial charge in [-0.15, -0.1) is 0 Å². The number of imidazole rings is 1. The molecule has 0 aliphatic heterocycles. The third-order valence-electron chi connectivity index (χ3n) is 8.49. The molecule has 4 aromatic heterocycles. The topological polar surface area (TPSA) is 43.1 Å². The Morgan fingerprint density at radius 3 is 2.07 bits per heavy atom. The molecule has 0 radical (unpaired) electrons. The maximum atomic E-state index is 5.07. The molecular weight excluding hydrogens is 524 g/mol. The molecule has 4 heterocycles. The van der Waals surface area contributed by atoms with Gasteiger partial charge in [-0.3, -0.25) is 14.4 Å². The maximum Gasteiger partial charge on any atom is 0.137 e. The zero-order valence-corrected chi connectivity index (χ0v) is 23.1. The van der Waals surface area contributed by atoms with Gasteiger partial charge in [0.15, 0.2) is 0 Å². The van der Waals surface area contributed by atoms with Gasteiger partial charge >= 0.3 is 0 Å². The molecule has 0 atom stereocenters. The highest BCUT2D eigenvalue weighted by atomic mass is 15.0. The first kappa shape index (κ1) is 23.8. The molecule has 0 unspecified atom stereocenters. The highest BCUT2D eigenvalue weighted by Gasteiger charge is 2.16. The molecule has 0 amide bonds. The molecule has 0 N–H and O–H groups in total. The van der Waals surface area contributed by atoms with Crippen molar-refractivity contribution in [2.24, 2.45) is 0 Å². The summed E-state index contributed by atoms with van der Waals surface area (Å²) >= 11 is 0. The number of nitrogens with zero attached hydrogens (tertiary/aromatic N) is 4. The van der Waals surface area contributed by atoms with E-state index in [2.05, 4.69) is 125 Å². The Bertz CT molecular complexity index is 2490. The molecule has 0 aliphatic carbocycles. The maximum absolute atomic E-state index is 5.07. The Labute approximate surface area is 247 Å². The Hall–Kier alpha value is -5.87. The van der Waals surface area contributed by atoms with E-state index in [0.29, 0.717) is 0 Å². The molecule has 0 bridgehead atoms. The standard InChI is InChI=1S/C39H24N4/c1-2-10-29-25(8-1)9-7-11-30(29)28-16-19-36(41-24-28)27-15-18-32-34(23-27)33-22-26(35-12-3-5-20-40-35)14-17-31(33)38-39(32)43-21-6-4-13-37(43)42-38/h1-24H. The fourth-order valence-corrected chi connectivity index (χ4v) is 6.44. The largest absolute Gasteiger partial charge is 0.299 e. The first-order valence-electron chi connectivity index (χ1n) is 14.4. The van der Waals surface area contributed by atoms with Gasteiger partial charge in [0.1, 0.15) is 5.65 Å². The molecule has 0 saturated carbocycles. The van der Waals surface area contributed by atoms with Gasteiger partial charge < -0.3 is 0 Å². The lowest BCUT2D eigenvalue weighted by Crippen LogP contribution is -1.90. The third kappa shape index (κ3) is 3.74. The van der Waals surface area contributed by atoms with Crippen LogP contribution in [0.1, 0.15) is 0 Å². The molecular formula is C39H24N4. The Morgan fingerprint density at radius 2 is 1.23 bits per heavy atom. The third-order valence-corrected chi connectivity index (χ3v) is 8.49. The number of rotatable bonds is 3. The predicted molar refractivity (Wildman–Crippen MR) is 177 cm³/mol. The zero-order chi connectivity index (χ0) is 28.3. The van der Waals surface area contributed by atoms with Crippen molar-refractivity contribution in [3.05, 3.63) is 146 Å². The van der Waals surface area contributed by atoms with E-state index in [1.165, 1.54) is 21.7 Å². The van der Waals surface area contributed by atoms with Crippen molar-refractivity contribution < 1.29 is 0 Å². The first-order chi connectivity index (χ1) is 21.3. The van der Waals surface area contributed by atoms with Crippen molar-refractivity contribution in [3.8, 4) is 33.6 Å². The fourth-order valence-electron chi connectivity index (χ4n) is 6.44. The van der Waals surface area contributed by atoms with Gasteiger partial charge in [-0.1, -0.05) is 84.9 Å². The predicted octanol–water partition coefficient (Wildman–Crippen LogP) is 9.74. The van der Waals surface area contributed by atoms with Crippen LogP contribution in [-0.4, -0.2) is 19.4 Å². The molecule has 200 valence electrons. The average Bonchev–Trinajstić information content (AvgIpc) is 3.48. The van der Waals surface area contributed by atoms with E-state index in [9.17, 15) is 0 Å². The minimum atomic E-state index is 0.940. The van der Waals surface area contributed by atoms with Gasteiger partial charge in [0, 0.05) is 46.1 Å². The summed E-state index contributed by atoms with van der Waals surface area (Å²) < 4.78 is 2.20. The van der Waals surface area contributed by atoms with Gasteiger partial charge in [0.05, 0.1) is 22.4 Å². The summed E-state index contributed by atoms with van der Waals surface area (Å²) in [5.41, 5.74) is 9.43. The highest BCUT2D eigenvalue weighted by molar-refractivity contribution is 6.25. The fraction of sp³-hybridized carbons (Fsp3) is 0. The van der Waals surface area contributed by atoms with E-state index >= 15 is 0 Å². The van der Waals surface area contributed by atoms with Crippen LogP contribution in [0.5, 0.6) is 0 Å². The lowest BCUT2D eigenvalue weighted by atomic mass is 9.94. The zero-order valence-electron chi connectivity index (χ0n) is 23.1. The molecule has 5 aromatic carbocycles. The molecule has 9 rings (SSSR count). The summed E-state index contributed by atoms with van der Waals surface area (Å²) in [4.78, 5) is 14.7. The van der Waals surface area contributed by atoms with Crippen LogP contribution in [0.25, 0.3) is 82.6 Å². The van der Waals surface area contributed by atoms with Crippen molar-refractivity contribution in [3.63, 3.8) is 0 Å². The van der Waals surface area contributed by atoms with Gasteiger partial charge in [-0.2, -0.15) is 0 Å². The summed E-state index contributed by atoms with van der Waals surface area (Å²) in [5.74, 6) is 0. The SMILES string of the molecule is c1ccc(-c2ccc3c(c2)c2cc(-c4ccc(-c5cccc6ccccc56)cn4)ccc2c2c3nc3ccccn32)nc1. The van der Waals surface area contributed by atoms with Crippen LogP contribution < -0.4 is 0 Å². The van der Waals surface area contributed by atoms with Crippen molar-refractivity contribution in [2.45, 2.75) is 0 Å². The van der Waals surface area contributed by atoms with Crippen LogP contribution in [-0.2, 0) is 0 Å². The summed E-state index contributed by atoms with van der Waals surface area (Å²) in [6.07, 6.45) is 5.93.